The van der Waals surface area contributed by atoms with Crippen molar-refractivity contribution in [3.05, 3.63) is 30.6 Å². The summed E-state index contributed by atoms with van der Waals surface area (Å²) in [5.74, 6) is 1.55. The Morgan fingerprint density at radius 1 is 1.18 bits per heavy atom. The van der Waals surface area contributed by atoms with Gasteiger partial charge in [0.25, 0.3) is 0 Å². The Hall–Kier alpha value is -1.48. The summed E-state index contributed by atoms with van der Waals surface area (Å²) < 4.78 is 10.9. The van der Waals surface area contributed by atoms with Gasteiger partial charge in [-0.05, 0) is 30.0 Å². The summed E-state index contributed by atoms with van der Waals surface area (Å²) in [6.45, 7) is 2.78. The van der Waals surface area contributed by atoms with Crippen LogP contribution in [0.25, 0.3) is 10.8 Å². The number of ether oxygens (including phenoxy) is 2. The topological polar surface area (TPSA) is 31.4 Å². The van der Waals surface area contributed by atoms with Gasteiger partial charge in [0, 0.05) is 17.8 Å². The zero-order valence-electron chi connectivity index (χ0n) is 9.97. The van der Waals surface area contributed by atoms with Crippen molar-refractivity contribution in [3.8, 4) is 11.5 Å². The molecule has 1 aromatic heterocycles. The van der Waals surface area contributed by atoms with Crippen LogP contribution in [0.4, 0.5) is 0 Å². The van der Waals surface area contributed by atoms with E-state index in [1.54, 1.807) is 13.3 Å². The molecule has 0 saturated heterocycles. The van der Waals surface area contributed by atoms with E-state index in [2.05, 4.69) is 11.9 Å². The van der Waals surface area contributed by atoms with E-state index < -0.39 is 0 Å². The highest BCUT2D eigenvalue weighted by Gasteiger charge is 2.06. The molecule has 0 bridgehead atoms. The third-order valence-electron chi connectivity index (χ3n) is 2.38. The summed E-state index contributed by atoms with van der Waals surface area (Å²) in [6, 6.07) is 5.90. The summed E-state index contributed by atoms with van der Waals surface area (Å²) in [7, 11) is 1.65. The molecule has 1 aromatic carbocycles. The number of hydrogen-bond donors (Lipinski definition) is 0. The molecule has 0 saturated carbocycles. The maximum absolute atomic E-state index is 5.63. The number of rotatable bonds is 4. The lowest BCUT2D eigenvalue weighted by Crippen LogP contribution is -1.97. The first-order valence-corrected chi connectivity index (χ1v) is 5.39. The molecule has 0 radical (unpaired) electrons. The lowest BCUT2D eigenvalue weighted by molar-refractivity contribution is 0.295. The quantitative estimate of drug-likeness (QED) is 0.836. The molecule has 0 N–H and O–H groups in total. The van der Waals surface area contributed by atoms with Gasteiger partial charge in [0.05, 0.1) is 13.7 Å². The van der Waals surface area contributed by atoms with Crippen molar-refractivity contribution in [2.24, 2.45) is 0 Å². The number of halogens is 1. The lowest BCUT2D eigenvalue weighted by atomic mass is 10.1. The Labute approximate surface area is 107 Å². The largest absolute Gasteiger partial charge is 0.493 e. The van der Waals surface area contributed by atoms with Gasteiger partial charge < -0.3 is 9.47 Å². The van der Waals surface area contributed by atoms with Crippen LogP contribution in [0.15, 0.2) is 30.6 Å². The van der Waals surface area contributed by atoms with Gasteiger partial charge in [-0.3, -0.25) is 4.98 Å². The molecule has 0 amide bonds. The van der Waals surface area contributed by atoms with E-state index in [-0.39, 0.29) is 12.4 Å². The Morgan fingerprint density at radius 2 is 1.94 bits per heavy atom. The zero-order chi connectivity index (χ0) is 11.4. The van der Waals surface area contributed by atoms with Crippen LogP contribution >= 0.6 is 12.4 Å². The van der Waals surface area contributed by atoms with Gasteiger partial charge in [-0.25, -0.2) is 0 Å². The van der Waals surface area contributed by atoms with Gasteiger partial charge in [-0.15, -0.1) is 12.4 Å². The van der Waals surface area contributed by atoms with Gasteiger partial charge in [0.1, 0.15) is 0 Å². The van der Waals surface area contributed by atoms with Gasteiger partial charge in [-0.1, -0.05) is 6.92 Å². The molecule has 2 rings (SSSR count). The second-order valence-corrected chi connectivity index (χ2v) is 3.57. The van der Waals surface area contributed by atoms with Crippen molar-refractivity contribution in [1.29, 1.82) is 0 Å². The third kappa shape index (κ3) is 3.01. The molecule has 0 unspecified atom stereocenters. The van der Waals surface area contributed by atoms with Crippen LogP contribution in [-0.4, -0.2) is 18.7 Å². The maximum Gasteiger partial charge on any atom is 0.161 e. The maximum atomic E-state index is 5.63. The van der Waals surface area contributed by atoms with Crippen molar-refractivity contribution in [2.75, 3.05) is 13.7 Å². The average molecular weight is 254 g/mol. The number of aromatic nitrogens is 1. The average Bonchev–Trinajstić information content (AvgIpc) is 2.35. The van der Waals surface area contributed by atoms with E-state index in [0.29, 0.717) is 6.61 Å². The number of nitrogens with zero attached hydrogens (tertiary/aromatic N) is 1. The molecule has 0 aliphatic carbocycles. The fourth-order valence-electron chi connectivity index (χ4n) is 1.58. The summed E-state index contributed by atoms with van der Waals surface area (Å²) in [5, 5.41) is 2.17. The zero-order valence-corrected chi connectivity index (χ0v) is 10.8. The van der Waals surface area contributed by atoms with Crippen LogP contribution in [0, 0.1) is 0 Å². The predicted molar refractivity (Wildman–Crippen MR) is 71.3 cm³/mol. The first-order chi connectivity index (χ1) is 7.85. The number of hydrogen-bond acceptors (Lipinski definition) is 3. The van der Waals surface area contributed by atoms with Crippen LogP contribution in [-0.2, 0) is 0 Å². The van der Waals surface area contributed by atoms with Gasteiger partial charge in [0.2, 0.25) is 0 Å². The third-order valence-corrected chi connectivity index (χ3v) is 2.38. The second kappa shape index (κ2) is 6.30. The molecular weight excluding hydrogens is 238 g/mol. The molecule has 0 atom stereocenters. The lowest BCUT2D eigenvalue weighted by Gasteiger charge is -2.11. The van der Waals surface area contributed by atoms with Gasteiger partial charge >= 0.3 is 0 Å². The first kappa shape index (κ1) is 13.6. The number of benzene rings is 1. The SMILES string of the molecule is CCCOc1cc2cnccc2cc1OC.Cl. The van der Waals surface area contributed by atoms with Gasteiger partial charge in [-0.2, -0.15) is 0 Å². The summed E-state index contributed by atoms with van der Waals surface area (Å²) in [4.78, 5) is 4.09. The molecule has 2 aromatic rings. The molecule has 3 nitrogen and oxygen atoms in total. The van der Waals surface area contributed by atoms with Crippen molar-refractivity contribution in [2.45, 2.75) is 13.3 Å². The molecule has 0 fully saturated rings. The minimum Gasteiger partial charge on any atom is -0.493 e. The van der Waals surface area contributed by atoms with E-state index in [9.17, 15) is 0 Å². The minimum absolute atomic E-state index is 0. The normalized spacial score (nSPS) is 9.76. The molecule has 4 heteroatoms. The second-order valence-electron chi connectivity index (χ2n) is 3.57. The van der Waals surface area contributed by atoms with E-state index in [4.69, 9.17) is 9.47 Å². The van der Waals surface area contributed by atoms with E-state index >= 15 is 0 Å². The van der Waals surface area contributed by atoms with E-state index in [1.807, 2.05) is 24.4 Å². The summed E-state index contributed by atoms with van der Waals surface area (Å²) in [5.41, 5.74) is 0. The van der Waals surface area contributed by atoms with Crippen molar-refractivity contribution in [3.63, 3.8) is 0 Å². The minimum atomic E-state index is 0. The molecular formula is C13H16ClNO2. The molecule has 17 heavy (non-hydrogen) atoms. The summed E-state index contributed by atoms with van der Waals surface area (Å²) >= 11 is 0. The Kier molecular flexibility index (Phi) is 5.04. The molecule has 1 heterocycles. The first-order valence-electron chi connectivity index (χ1n) is 5.39. The monoisotopic (exact) mass is 253 g/mol. The van der Waals surface area contributed by atoms with Crippen LogP contribution in [0.3, 0.4) is 0 Å². The molecule has 0 spiro atoms. The highest BCUT2D eigenvalue weighted by Crippen LogP contribution is 2.31. The fourth-order valence-corrected chi connectivity index (χ4v) is 1.58. The van der Waals surface area contributed by atoms with Crippen LogP contribution in [0.2, 0.25) is 0 Å². The fraction of sp³-hybridized carbons (Fsp3) is 0.308. The van der Waals surface area contributed by atoms with Crippen LogP contribution in [0.1, 0.15) is 13.3 Å². The Bertz CT molecular complexity index is 488. The molecule has 0 aliphatic heterocycles. The van der Waals surface area contributed by atoms with Crippen LogP contribution in [0.5, 0.6) is 11.5 Å². The van der Waals surface area contributed by atoms with Crippen LogP contribution < -0.4 is 9.47 Å². The molecule has 0 aliphatic rings. The number of fused-ring (bicyclic) bond motifs is 1. The van der Waals surface area contributed by atoms with E-state index in [0.717, 1.165) is 28.7 Å². The van der Waals surface area contributed by atoms with Crippen molar-refractivity contribution < 1.29 is 9.47 Å². The van der Waals surface area contributed by atoms with Crippen molar-refractivity contribution >= 4 is 23.2 Å². The van der Waals surface area contributed by atoms with Crippen molar-refractivity contribution in [1.82, 2.24) is 4.98 Å². The molecule has 92 valence electrons. The smallest absolute Gasteiger partial charge is 0.161 e. The predicted octanol–water partition coefficient (Wildman–Crippen LogP) is 3.45. The number of pyridine rings is 1. The summed E-state index contributed by atoms with van der Waals surface area (Å²) in [6.07, 6.45) is 4.58. The van der Waals surface area contributed by atoms with E-state index in [1.165, 1.54) is 0 Å². The van der Waals surface area contributed by atoms with Gasteiger partial charge in [0.15, 0.2) is 11.5 Å². The Morgan fingerprint density at radius 3 is 2.65 bits per heavy atom. The standard InChI is InChI=1S/C13H15NO2.ClH/c1-3-6-16-13-8-11-9-14-5-4-10(11)7-12(13)15-2;/h4-5,7-9H,3,6H2,1-2H3;1H. The Balaban J connectivity index is 0.00000144. The number of methoxy groups -OCH3 is 1. The highest BCUT2D eigenvalue weighted by atomic mass is 35.5. The highest BCUT2D eigenvalue weighted by molar-refractivity contribution is 5.85.